The fourth-order valence-corrected chi connectivity index (χ4v) is 2.71. The number of rotatable bonds is 9. The molecule has 8 heteroatoms. The highest BCUT2D eigenvalue weighted by Gasteiger charge is 2.17. The first kappa shape index (κ1) is 22.6. The molecule has 0 radical (unpaired) electrons. The quantitative estimate of drug-likeness (QED) is 0.534. The maximum atomic E-state index is 12.2. The molecule has 166 valence electrons. The van der Waals surface area contributed by atoms with Crippen molar-refractivity contribution < 1.29 is 23.5 Å². The van der Waals surface area contributed by atoms with Crippen molar-refractivity contribution in [2.75, 3.05) is 0 Å². The summed E-state index contributed by atoms with van der Waals surface area (Å²) in [5, 5.41) is 5.05. The smallest absolute Gasteiger partial charge is 0.408 e. The van der Waals surface area contributed by atoms with Gasteiger partial charge in [-0.15, -0.1) is 0 Å². The van der Waals surface area contributed by atoms with Crippen LogP contribution in [0.25, 0.3) is 0 Å². The van der Waals surface area contributed by atoms with Crippen LogP contribution < -0.4 is 20.8 Å². The Morgan fingerprint density at radius 2 is 1.59 bits per heavy atom. The van der Waals surface area contributed by atoms with E-state index in [0.29, 0.717) is 0 Å². The first-order chi connectivity index (χ1) is 15.5. The minimum atomic E-state index is -0.835. The van der Waals surface area contributed by atoms with Crippen LogP contribution in [0, 0.1) is 0 Å². The summed E-state index contributed by atoms with van der Waals surface area (Å²) in [5.74, 6) is -0.108. The van der Waals surface area contributed by atoms with Gasteiger partial charge in [-0.1, -0.05) is 60.7 Å². The van der Waals surface area contributed by atoms with Crippen LogP contribution in [0.2, 0.25) is 0 Å². The Morgan fingerprint density at radius 1 is 0.969 bits per heavy atom. The van der Waals surface area contributed by atoms with Crippen molar-refractivity contribution in [2.45, 2.75) is 32.7 Å². The lowest BCUT2D eigenvalue weighted by molar-refractivity contribution is -0.122. The maximum Gasteiger partial charge on any atom is 0.408 e. The SMILES string of the molecule is CC(NC(=O)OCc1ccccc1)C(=O)NCc1cc(=O)c(OCc2ccccc2)co1. The van der Waals surface area contributed by atoms with Crippen LogP contribution in [0.4, 0.5) is 4.79 Å². The molecule has 0 aliphatic heterocycles. The van der Waals surface area contributed by atoms with Gasteiger partial charge < -0.3 is 24.5 Å². The molecule has 1 aromatic heterocycles. The van der Waals surface area contributed by atoms with Crippen LogP contribution in [0.15, 0.2) is 82.2 Å². The zero-order chi connectivity index (χ0) is 22.8. The van der Waals surface area contributed by atoms with Gasteiger partial charge in [0.05, 0.1) is 6.54 Å². The normalized spacial score (nSPS) is 11.3. The molecule has 2 amide bonds. The van der Waals surface area contributed by atoms with Gasteiger partial charge in [0.25, 0.3) is 0 Å². The number of benzene rings is 2. The van der Waals surface area contributed by atoms with Gasteiger partial charge in [-0.3, -0.25) is 9.59 Å². The summed E-state index contributed by atoms with van der Waals surface area (Å²) in [7, 11) is 0. The van der Waals surface area contributed by atoms with Crippen LogP contribution in [0.3, 0.4) is 0 Å². The summed E-state index contributed by atoms with van der Waals surface area (Å²) >= 11 is 0. The lowest BCUT2D eigenvalue weighted by atomic mass is 10.2. The number of amides is 2. The topological polar surface area (TPSA) is 107 Å². The molecule has 0 bridgehead atoms. The third-order valence-electron chi connectivity index (χ3n) is 4.47. The number of ether oxygens (including phenoxy) is 2. The molecule has 32 heavy (non-hydrogen) atoms. The van der Waals surface area contributed by atoms with Crippen LogP contribution in [0.5, 0.6) is 5.75 Å². The summed E-state index contributed by atoms with van der Waals surface area (Å²) in [4.78, 5) is 36.3. The van der Waals surface area contributed by atoms with Crippen molar-refractivity contribution in [3.05, 3.63) is 100 Å². The average Bonchev–Trinajstić information content (AvgIpc) is 2.82. The van der Waals surface area contributed by atoms with Crippen LogP contribution in [-0.2, 0) is 29.3 Å². The minimum Gasteiger partial charge on any atom is -0.482 e. The Morgan fingerprint density at radius 3 is 2.22 bits per heavy atom. The van der Waals surface area contributed by atoms with Gasteiger partial charge in [0.1, 0.15) is 31.3 Å². The van der Waals surface area contributed by atoms with Crippen molar-refractivity contribution in [1.82, 2.24) is 10.6 Å². The molecule has 1 unspecified atom stereocenters. The van der Waals surface area contributed by atoms with E-state index in [1.54, 1.807) is 0 Å². The molecule has 0 fully saturated rings. The molecule has 0 saturated heterocycles. The molecule has 8 nitrogen and oxygen atoms in total. The third-order valence-corrected chi connectivity index (χ3v) is 4.47. The van der Waals surface area contributed by atoms with E-state index in [0.717, 1.165) is 11.1 Å². The number of nitrogens with one attached hydrogen (secondary N) is 2. The van der Waals surface area contributed by atoms with Crippen molar-refractivity contribution in [1.29, 1.82) is 0 Å². The van der Waals surface area contributed by atoms with Crippen LogP contribution >= 0.6 is 0 Å². The molecule has 0 aliphatic carbocycles. The zero-order valence-electron chi connectivity index (χ0n) is 17.6. The van der Waals surface area contributed by atoms with Crippen molar-refractivity contribution in [3.8, 4) is 5.75 Å². The Kier molecular flexibility index (Phi) is 8.02. The maximum absolute atomic E-state index is 12.2. The van der Waals surface area contributed by atoms with E-state index in [2.05, 4.69) is 10.6 Å². The first-order valence-corrected chi connectivity index (χ1v) is 10.0. The third kappa shape index (κ3) is 7.02. The highest BCUT2D eigenvalue weighted by atomic mass is 16.5. The molecular formula is C24H24N2O6. The summed E-state index contributed by atoms with van der Waals surface area (Å²) in [6.07, 6.45) is 0.512. The second-order valence-electron chi connectivity index (χ2n) is 6.99. The highest BCUT2D eigenvalue weighted by molar-refractivity contribution is 5.85. The number of carbonyl (C=O) groups excluding carboxylic acids is 2. The van der Waals surface area contributed by atoms with Crippen LogP contribution in [0.1, 0.15) is 23.8 Å². The number of carbonyl (C=O) groups is 2. The van der Waals surface area contributed by atoms with Gasteiger partial charge in [-0.25, -0.2) is 4.79 Å². The summed E-state index contributed by atoms with van der Waals surface area (Å²) in [5.41, 5.74) is 1.41. The van der Waals surface area contributed by atoms with E-state index in [1.165, 1.54) is 19.3 Å². The lowest BCUT2D eigenvalue weighted by Gasteiger charge is -2.14. The summed E-state index contributed by atoms with van der Waals surface area (Å²) < 4.78 is 16.0. The van der Waals surface area contributed by atoms with E-state index >= 15 is 0 Å². The predicted octanol–water partition coefficient (Wildman–Crippen LogP) is 3.15. The zero-order valence-corrected chi connectivity index (χ0v) is 17.6. The molecular weight excluding hydrogens is 412 g/mol. The van der Waals surface area contributed by atoms with Crippen molar-refractivity contribution in [2.24, 2.45) is 0 Å². The number of alkyl carbamates (subject to hydrolysis) is 1. The van der Waals surface area contributed by atoms with E-state index in [9.17, 15) is 14.4 Å². The molecule has 2 N–H and O–H groups in total. The lowest BCUT2D eigenvalue weighted by Crippen LogP contribution is -2.44. The largest absolute Gasteiger partial charge is 0.482 e. The average molecular weight is 436 g/mol. The number of hydrogen-bond donors (Lipinski definition) is 2. The van der Waals surface area contributed by atoms with E-state index in [-0.39, 0.29) is 36.7 Å². The standard InChI is InChI=1S/C24H24N2O6/c1-17(26-24(29)32-15-19-10-6-3-7-11-19)23(28)25-13-20-12-21(27)22(16-30-20)31-14-18-8-4-2-5-9-18/h2-12,16-17H,13-15H2,1H3,(H,25,28)(H,26,29). The fraction of sp³-hybridized carbons (Fsp3) is 0.208. The van der Waals surface area contributed by atoms with Gasteiger partial charge in [-0.2, -0.15) is 0 Å². The Balaban J connectivity index is 1.42. The Labute approximate surface area is 185 Å². The molecule has 1 heterocycles. The molecule has 3 aromatic rings. The molecule has 0 saturated carbocycles. The van der Waals surface area contributed by atoms with Gasteiger partial charge in [-0.05, 0) is 18.1 Å². The monoisotopic (exact) mass is 436 g/mol. The fourth-order valence-electron chi connectivity index (χ4n) is 2.71. The van der Waals surface area contributed by atoms with Crippen molar-refractivity contribution >= 4 is 12.0 Å². The molecule has 0 spiro atoms. The Bertz CT molecular complexity index is 1080. The van der Waals surface area contributed by atoms with Gasteiger partial charge >= 0.3 is 6.09 Å². The molecule has 1 atom stereocenters. The van der Waals surface area contributed by atoms with E-state index in [4.69, 9.17) is 13.9 Å². The second-order valence-corrected chi connectivity index (χ2v) is 6.99. The van der Waals surface area contributed by atoms with Gasteiger partial charge in [0.15, 0.2) is 0 Å². The predicted molar refractivity (Wildman–Crippen MR) is 117 cm³/mol. The van der Waals surface area contributed by atoms with Gasteiger partial charge in [0.2, 0.25) is 17.1 Å². The molecule has 3 rings (SSSR count). The number of hydrogen-bond acceptors (Lipinski definition) is 6. The van der Waals surface area contributed by atoms with Crippen molar-refractivity contribution in [3.63, 3.8) is 0 Å². The minimum absolute atomic E-state index is 0.0158. The first-order valence-electron chi connectivity index (χ1n) is 10.0. The summed E-state index contributed by atoms with van der Waals surface area (Å²) in [6.45, 7) is 1.85. The second kappa shape index (κ2) is 11.4. The van der Waals surface area contributed by atoms with E-state index < -0.39 is 18.0 Å². The molecule has 2 aromatic carbocycles. The summed E-state index contributed by atoms with van der Waals surface area (Å²) in [6, 6.07) is 19.1. The van der Waals surface area contributed by atoms with E-state index in [1.807, 2.05) is 60.7 Å². The highest BCUT2D eigenvalue weighted by Crippen LogP contribution is 2.09. The van der Waals surface area contributed by atoms with Crippen LogP contribution in [-0.4, -0.2) is 18.0 Å². The van der Waals surface area contributed by atoms with Gasteiger partial charge in [0, 0.05) is 6.07 Å². The Hall–Kier alpha value is -4.07. The molecule has 0 aliphatic rings.